The highest BCUT2D eigenvalue weighted by atomic mass is 19.1. The third-order valence-corrected chi connectivity index (χ3v) is 5.16. The Morgan fingerprint density at radius 3 is 2.13 bits per heavy atom. The first-order chi connectivity index (χ1) is 14.4. The Labute approximate surface area is 174 Å². The molecule has 3 aromatic carbocycles. The van der Waals surface area contributed by atoms with Crippen molar-refractivity contribution in [2.24, 2.45) is 0 Å². The van der Waals surface area contributed by atoms with Crippen molar-refractivity contribution < 1.29 is 14.0 Å². The number of benzene rings is 3. The van der Waals surface area contributed by atoms with E-state index in [1.165, 1.54) is 18.2 Å². The van der Waals surface area contributed by atoms with Gasteiger partial charge in [-0.15, -0.1) is 0 Å². The number of carbonyl (C=O) groups is 2. The predicted octanol–water partition coefficient (Wildman–Crippen LogP) is 5.15. The first-order valence-electron chi connectivity index (χ1n) is 9.65. The molecular weight excluding hydrogens is 379 g/mol. The van der Waals surface area contributed by atoms with Gasteiger partial charge in [-0.05, 0) is 50.1 Å². The minimum Gasteiger partial charge on any atom is -0.350 e. The first kappa shape index (κ1) is 19.6. The Balaban J connectivity index is 1.86. The smallest absolute Gasteiger partial charge is 0.282 e. The molecule has 150 valence electrons. The number of imide groups is 1. The molecule has 4 rings (SSSR count). The van der Waals surface area contributed by atoms with Gasteiger partial charge in [0.1, 0.15) is 11.5 Å². The van der Waals surface area contributed by atoms with Gasteiger partial charge < -0.3 is 5.32 Å². The molecule has 1 N–H and O–H groups in total. The minimum absolute atomic E-state index is 0.0606. The molecule has 0 spiro atoms. The van der Waals surface area contributed by atoms with Crippen LogP contribution in [0.5, 0.6) is 0 Å². The van der Waals surface area contributed by atoms with E-state index in [2.05, 4.69) is 5.32 Å². The van der Waals surface area contributed by atoms with E-state index in [1.807, 2.05) is 51.1 Å². The van der Waals surface area contributed by atoms with Gasteiger partial charge in [0.15, 0.2) is 0 Å². The van der Waals surface area contributed by atoms with Crippen molar-refractivity contribution >= 4 is 28.8 Å². The summed E-state index contributed by atoms with van der Waals surface area (Å²) in [5, 5.41) is 3.14. The largest absolute Gasteiger partial charge is 0.350 e. The van der Waals surface area contributed by atoms with Gasteiger partial charge >= 0.3 is 0 Å². The Bertz CT molecular complexity index is 1200. The molecule has 1 aliphatic rings. The van der Waals surface area contributed by atoms with Crippen LogP contribution in [-0.2, 0) is 9.59 Å². The number of anilines is 2. The van der Waals surface area contributed by atoms with Crippen LogP contribution in [0.15, 0.2) is 72.4 Å². The lowest BCUT2D eigenvalue weighted by molar-refractivity contribution is -0.120. The summed E-state index contributed by atoms with van der Waals surface area (Å²) in [4.78, 5) is 27.6. The van der Waals surface area contributed by atoms with E-state index in [4.69, 9.17) is 0 Å². The van der Waals surface area contributed by atoms with Gasteiger partial charge in [0.25, 0.3) is 11.8 Å². The number of hydrogen-bond donors (Lipinski definition) is 1. The van der Waals surface area contributed by atoms with Crippen molar-refractivity contribution in [2.45, 2.75) is 20.8 Å². The molecule has 0 saturated carbocycles. The van der Waals surface area contributed by atoms with E-state index in [0.29, 0.717) is 5.56 Å². The van der Waals surface area contributed by atoms with Gasteiger partial charge in [-0.2, -0.15) is 0 Å². The van der Waals surface area contributed by atoms with Crippen molar-refractivity contribution in [1.29, 1.82) is 0 Å². The number of rotatable bonds is 4. The number of para-hydroxylation sites is 1. The Morgan fingerprint density at radius 2 is 1.47 bits per heavy atom. The van der Waals surface area contributed by atoms with Gasteiger partial charge in [0.05, 0.1) is 11.3 Å². The number of halogens is 1. The highest BCUT2D eigenvalue weighted by molar-refractivity contribution is 6.46. The molecule has 3 aromatic rings. The van der Waals surface area contributed by atoms with Crippen molar-refractivity contribution in [2.75, 3.05) is 10.2 Å². The van der Waals surface area contributed by atoms with Gasteiger partial charge in [0.2, 0.25) is 0 Å². The zero-order chi connectivity index (χ0) is 21.4. The number of carbonyl (C=O) groups excluding carboxylic acids is 2. The Morgan fingerprint density at radius 1 is 0.800 bits per heavy atom. The maximum absolute atomic E-state index is 14.4. The molecule has 2 amide bonds. The summed E-state index contributed by atoms with van der Waals surface area (Å²) in [7, 11) is 0. The molecular formula is C25H21FN2O2. The third-order valence-electron chi connectivity index (χ3n) is 5.16. The molecule has 0 fully saturated rings. The number of amides is 2. The van der Waals surface area contributed by atoms with Crippen LogP contribution >= 0.6 is 0 Å². The van der Waals surface area contributed by atoms with E-state index < -0.39 is 17.6 Å². The molecule has 0 unspecified atom stereocenters. The molecule has 5 heteroatoms. The van der Waals surface area contributed by atoms with Crippen molar-refractivity contribution in [3.05, 3.63) is 100 Å². The lowest BCUT2D eigenvalue weighted by Crippen LogP contribution is -2.33. The van der Waals surface area contributed by atoms with Gasteiger partial charge in [-0.1, -0.05) is 59.7 Å². The summed E-state index contributed by atoms with van der Waals surface area (Å²) in [6.45, 7) is 5.86. The van der Waals surface area contributed by atoms with Gasteiger partial charge in [-0.3, -0.25) is 9.59 Å². The van der Waals surface area contributed by atoms with E-state index in [1.54, 1.807) is 18.2 Å². The molecule has 0 bridgehead atoms. The molecule has 1 aliphatic heterocycles. The third kappa shape index (κ3) is 3.39. The summed E-state index contributed by atoms with van der Waals surface area (Å²) in [5.41, 5.74) is 4.69. The maximum Gasteiger partial charge on any atom is 0.282 e. The van der Waals surface area contributed by atoms with Crippen LogP contribution < -0.4 is 10.2 Å². The summed E-state index contributed by atoms with van der Waals surface area (Å²) in [6.07, 6.45) is 0. The van der Waals surface area contributed by atoms with Crippen LogP contribution in [0.2, 0.25) is 0 Å². The van der Waals surface area contributed by atoms with Gasteiger partial charge in [0, 0.05) is 5.69 Å². The fraction of sp³-hybridized carbons (Fsp3) is 0.120. The summed E-state index contributed by atoms with van der Waals surface area (Å²) in [6, 6.07) is 18.9. The highest BCUT2D eigenvalue weighted by Crippen LogP contribution is 2.35. The minimum atomic E-state index is -0.629. The van der Waals surface area contributed by atoms with E-state index >= 15 is 0 Å². The summed E-state index contributed by atoms with van der Waals surface area (Å²) < 4.78 is 14.4. The number of nitrogens with zero attached hydrogens (tertiary/aromatic N) is 1. The second kappa shape index (κ2) is 7.59. The maximum atomic E-state index is 14.4. The SMILES string of the molecule is Cc1ccc(C2=C(Nc3ccc(C)cc3C)C(=O)N(c3ccccc3F)C2=O)cc1. The van der Waals surface area contributed by atoms with E-state index in [0.717, 1.165) is 27.3 Å². The molecule has 4 nitrogen and oxygen atoms in total. The molecule has 30 heavy (non-hydrogen) atoms. The fourth-order valence-corrected chi connectivity index (χ4v) is 3.57. The normalized spacial score (nSPS) is 13.9. The van der Waals surface area contributed by atoms with Crippen LogP contribution in [-0.4, -0.2) is 11.8 Å². The van der Waals surface area contributed by atoms with Gasteiger partial charge in [-0.25, -0.2) is 9.29 Å². The lowest BCUT2D eigenvalue weighted by Gasteiger charge is -2.16. The van der Waals surface area contributed by atoms with E-state index in [-0.39, 0.29) is 17.0 Å². The van der Waals surface area contributed by atoms with Crippen LogP contribution in [0, 0.1) is 26.6 Å². The molecule has 0 atom stereocenters. The van der Waals surface area contributed by atoms with Crippen molar-refractivity contribution in [1.82, 2.24) is 0 Å². The van der Waals surface area contributed by atoms with Crippen LogP contribution in [0.1, 0.15) is 22.3 Å². The Kier molecular flexibility index (Phi) is 4.96. The monoisotopic (exact) mass is 400 g/mol. The standard InChI is InChI=1S/C25H21FN2O2/c1-15-8-11-18(12-9-15)22-23(27-20-13-10-16(2)14-17(20)3)25(30)28(24(22)29)21-7-5-4-6-19(21)26/h4-14,27H,1-3H3. The zero-order valence-electron chi connectivity index (χ0n) is 17.0. The average molecular weight is 400 g/mol. The molecule has 0 saturated heterocycles. The molecule has 0 radical (unpaired) electrons. The van der Waals surface area contributed by atoms with Crippen LogP contribution in [0.25, 0.3) is 5.57 Å². The van der Waals surface area contributed by atoms with E-state index in [9.17, 15) is 14.0 Å². The quantitative estimate of drug-likeness (QED) is 0.617. The molecule has 1 heterocycles. The molecule has 0 aliphatic carbocycles. The zero-order valence-corrected chi connectivity index (χ0v) is 17.0. The van der Waals surface area contributed by atoms with Crippen LogP contribution in [0.3, 0.4) is 0 Å². The second-order valence-electron chi connectivity index (χ2n) is 7.46. The highest BCUT2D eigenvalue weighted by Gasteiger charge is 2.41. The number of aryl methyl sites for hydroxylation is 3. The number of nitrogens with one attached hydrogen (secondary N) is 1. The summed E-state index contributed by atoms with van der Waals surface area (Å²) in [5.74, 6) is -1.77. The predicted molar refractivity (Wildman–Crippen MR) is 117 cm³/mol. The first-order valence-corrected chi connectivity index (χ1v) is 9.65. The second-order valence-corrected chi connectivity index (χ2v) is 7.46. The van der Waals surface area contributed by atoms with Crippen LogP contribution in [0.4, 0.5) is 15.8 Å². The Hall–Kier alpha value is -3.73. The van der Waals surface area contributed by atoms with Crippen molar-refractivity contribution in [3.63, 3.8) is 0 Å². The average Bonchev–Trinajstić information content (AvgIpc) is 2.95. The topological polar surface area (TPSA) is 49.4 Å². The van der Waals surface area contributed by atoms with Crippen molar-refractivity contribution in [3.8, 4) is 0 Å². The fourth-order valence-electron chi connectivity index (χ4n) is 3.57. The molecule has 0 aromatic heterocycles. The lowest BCUT2D eigenvalue weighted by atomic mass is 10.0. The number of hydrogen-bond acceptors (Lipinski definition) is 3. The summed E-state index contributed by atoms with van der Waals surface area (Å²) >= 11 is 0.